The van der Waals surface area contributed by atoms with Crippen molar-refractivity contribution >= 4 is 22.5 Å². The number of rotatable bonds is 3. The van der Waals surface area contributed by atoms with Crippen LogP contribution in [0.2, 0.25) is 0 Å². The molecule has 3 rings (SSSR count). The lowest BCUT2D eigenvalue weighted by molar-refractivity contribution is -0.111. The van der Waals surface area contributed by atoms with Crippen molar-refractivity contribution in [1.29, 1.82) is 0 Å². The quantitative estimate of drug-likeness (QED) is 0.831. The van der Waals surface area contributed by atoms with Gasteiger partial charge in [0.05, 0.1) is 0 Å². The fraction of sp³-hybridized carbons (Fsp3) is 0.353. The molecular formula is C17H18F2N2O. The molecule has 1 fully saturated rings. The third-order valence-corrected chi connectivity index (χ3v) is 4.25. The van der Waals surface area contributed by atoms with Gasteiger partial charge in [0.25, 0.3) is 0 Å². The molecule has 0 radical (unpaired) electrons. The fourth-order valence-electron chi connectivity index (χ4n) is 3.06. The summed E-state index contributed by atoms with van der Waals surface area (Å²) in [6, 6.07) is 7.68. The number of nitrogens with one attached hydrogen (secondary N) is 1. The van der Waals surface area contributed by atoms with Gasteiger partial charge in [-0.2, -0.15) is 0 Å². The lowest BCUT2D eigenvalue weighted by atomic mass is 9.92. The molecule has 116 valence electrons. The van der Waals surface area contributed by atoms with Gasteiger partial charge < -0.3 is 9.88 Å². The van der Waals surface area contributed by atoms with Gasteiger partial charge in [-0.1, -0.05) is 6.58 Å². The van der Waals surface area contributed by atoms with E-state index in [0.717, 1.165) is 10.9 Å². The predicted molar refractivity (Wildman–Crippen MR) is 83.2 cm³/mol. The van der Waals surface area contributed by atoms with E-state index in [2.05, 4.69) is 16.5 Å². The molecule has 1 aliphatic carbocycles. The summed E-state index contributed by atoms with van der Waals surface area (Å²) in [5.74, 6) is -2.77. The van der Waals surface area contributed by atoms with Crippen molar-refractivity contribution in [3.63, 3.8) is 0 Å². The van der Waals surface area contributed by atoms with Crippen molar-refractivity contribution in [3.8, 4) is 0 Å². The van der Waals surface area contributed by atoms with Gasteiger partial charge >= 0.3 is 0 Å². The van der Waals surface area contributed by atoms with Crippen LogP contribution in [0.1, 0.15) is 31.7 Å². The van der Waals surface area contributed by atoms with Crippen LogP contribution >= 0.6 is 0 Å². The minimum atomic E-state index is -2.51. The molecule has 1 amide bonds. The first kappa shape index (κ1) is 14.8. The van der Waals surface area contributed by atoms with E-state index >= 15 is 0 Å². The maximum Gasteiger partial charge on any atom is 0.248 e. The summed E-state index contributed by atoms with van der Waals surface area (Å²) in [6.07, 6.45) is 4.04. The molecule has 1 aliphatic rings. The van der Waals surface area contributed by atoms with Crippen LogP contribution in [-0.2, 0) is 4.79 Å². The van der Waals surface area contributed by atoms with Crippen molar-refractivity contribution < 1.29 is 13.6 Å². The SMILES string of the molecule is C=CC(=O)Nc1ccc2c(ccn2C2CCC(F)(F)CC2)c1. The number of aromatic nitrogens is 1. The van der Waals surface area contributed by atoms with Crippen LogP contribution in [0.5, 0.6) is 0 Å². The van der Waals surface area contributed by atoms with Crippen molar-refractivity contribution in [2.75, 3.05) is 5.32 Å². The number of hydrogen-bond acceptors (Lipinski definition) is 1. The number of alkyl halides is 2. The van der Waals surface area contributed by atoms with E-state index in [0.29, 0.717) is 18.5 Å². The van der Waals surface area contributed by atoms with Crippen LogP contribution in [0, 0.1) is 0 Å². The molecule has 22 heavy (non-hydrogen) atoms. The Morgan fingerprint density at radius 3 is 2.73 bits per heavy atom. The number of fused-ring (bicyclic) bond motifs is 1. The Morgan fingerprint density at radius 2 is 2.05 bits per heavy atom. The Hall–Kier alpha value is -2.17. The third-order valence-electron chi connectivity index (χ3n) is 4.25. The highest BCUT2D eigenvalue weighted by molar-refractivity contribution is 6.00. The van der Waals surface area contributed by atoms with Crippen LogP contribution < -0.4 is 5.32 Å². The van der Waals surface area contributed by atoms with E-state index < -0.39 is 5.92 Å². The zero-order valence-electron chi connectivity index (χ0n) is 12.2. The van der Waals surface area contributed by atoms with Gasteiger partial charge in [-0.05, 0) is 43.2 Å². The number of amides is 1. The first-order valence-corrected chi connectivity index (χ1v) is 7.40. The second kappa shape index (κ2) is 5.55. The summed E-state index contributed by atoms with van der Waals surface area (Å²) in [5, 5.41) is 3.70. The smallest absolute Gasteiger partial charge is 0.248 e. The zero-order chi connectivity index (χ0) is 15.7. The van der Waals surface area contributed by atoms with Gasteiger partial charge in [0, 0.05) is 41.7 Å². The molecule has 3 nitrogen and oxygen atoms in total. The van der Waals surface area contributed by atoms with Crippen LogP contribution in [0.15, 0.2) is 43.1 Å². The fourth-order valence-corrected chi connectivity index (χ4v) is 3.06. The maximum atomic E-state index is 13.3. The number of halogens is 2. The molecule has 0 unspecified atom stereocenters. The molecule has 1 heterocycles. The first-order valence-electron chi connectivity index (χ1n) is 7.40. The zero-order valence-corrected chi connectivity index (χ0v) is 12.2. The molecule has 1 N–H and O–H groups in total. The van der Waals surface area contributed by atoms with Crippen LogP contribution in [-0.4, -0.2) is 16.4 Å². The Morgan fingerprint density at radius 1 is 1.32 bits per heavy atom. The van der Waals surface area contributed by atoms with Gasteiger partial charge in [-0.3, -0.25) is 4.79 Å². The Bertz CT molecular complexity index is 711. The summed E-state index contributed by atoms with van der Waals surface area (Å²) in [6.45, 7) is 3.42. The first-order chi connectivity index (χ1) is 10.5. The molecule has 1 aromatic heterocycles. The lowest BCUT2D eigenvalue weighted by Crippen LogP contribution is -2.26. The number of carbonyl (C=O) groups excluding carboxylic acids is 1. The van der Waals surface area contributed by atoms with Crippen molar-refractivity contribution in [3.05, 3.63) is 43.1 Å². The summed E-state index contributed by atoms with van der Waals surface area (Å²) in [5.41, 5.74) is 1.71. The molecule has 5 heteroatoms. The van der Waals surface area contributed by atoms with E-state index in [9.17, 15) is 13.6 Å². The van der Waals surface area contributed by atoms with E-state index in [1.165, 1.54) is 6.08 Å². The minimum absolute atomic E-state index is 0.0508. The molecule has 1 aromatic carbocycles. The molecule has 0 aliphatic heterocycles. The summed E-state index contributed by atoms with van der Waals surface area (Å²) in [4.78, 5) is 11.3. The molecule has 2 aromatic rings. The number of nitrogens with zero attached hydrogens (tertiary/aromatic N) is 1. The average molecular weight is 304 g/mol. The molecule has 1 saturated carbocycles. The third kappa shape index (κ3) is 2.89. The van der Waals surface area contributed by atoms with Crippen molar-refractivity contribution in [1.82, 2.24) is 4.57 Å². The highest BCUT2D eigenvalue weighted by Crippen LogP contribution is 2.39. The predicted octanol–water partition coefficient (Wildman–Crippen LogP) is 4.52. The van der Waals surface area contributed by atoms with E-state index in [1.807, 2.05) is 30.5 Å². The van der Waals surface area contributed by atoms with E-state index in [4.69, 9.17) is 0 Å². The second-order valence-electron chi connectivity index (χ2n) is 5.78. The number of carbonyl (C=O) groups is 1. The standard InChI is InChI=1S/C17H18F2N2O/c1-2-16(22)20-13-3-4-15-12(11-13)7-10-21(15)14-5-8-17(18,19)9-6-14/h2-4,7,10-11,14H,1,5-6,8-9H2,(H,20,22). The van der Waals surface area contributed by atoms with Crippen LogP contribution in [0.4, 0.5) is 14.5 Å². The van der Waals surface area contributed by atoms with E-state index in [-0.39, 0.29) is 24.8 Å². The normalized spacial score (nSPS) is 18.3. The van der Waals surface area contributed by atoms with Crippen molar-refractivity contribution in [2.24, 2.45) is 0 Å². The summed E-state index contributed by atoms with van der Waals surface area (Å²) in [7, 11) is 0. The van der Waals surface area contributed by atoms with Gasteiger partial charge in [0.1, 0.15) is 0 Å². The summed E-state index contributed by atoms with van der Waals surface area (Å²) < 4.78 is 28.6. The van der Waals surface area contributed by atoms with Crippen LogP contribution in [0.3, 0.4) is 0 Å². The highest BCUT2D eigenvalue weighted by Gasteiger charge is 2.35. The van der Waals surface area contributed by atoms with Gasteiger partial charge in [-0.15, -0.1) is 0 Å². The van der Waals surface area contributed by atoms with Crippen molar-refractivity contribution in [2.45, 2.75) is 37.6 Å². The molecule has 0 spiro atoms. The Balaban J connectivity index is 1.84. The highest BCUT2D eigenvalue weighted by atomic mass is 19.3. The van der Waals surface area contributed by atoms with Crippen LogP contribution in [0.25, 0.3) is 10.9 Å². The van der Waals surface area contributed by atoms with Gasteiger partial charge in [-0.25, -0.2) is 8.78 Å². The molecule has 0 atom stereocenters. The number of hydrogen-bond donors (Lipinski definition) is 1. The topological polar surface area (TPSA) is 34.0 Å². The summed E-state index contributed by atoms with van der Waals surface area (Å²) >= 11 is 0. The number of benzene rings is 1. The molecule has 0 bridgehead atoms. The number of anilines is 1. The monoisotopic (exact) mass is 304 g/mol. The average Bonchev–Trinajstić information content (AvgIpc) is 2.90. The van der Waals surface area contributed by atoms with Gasteiger partial charge in [0.15, 0.2) is 0 Å². The second-order valence-corrected chi connectivity index (χ2v) is 5.78. The largest absolute Gasteiger partial charge is 0.344 e. The Kier molecular flexibility index (Phi) is 3.72. The van der Waals surface area contributed by atoms with Gasteiger partial charge in [0.2, 0.25) is 11.8 Å². The minimum Gasteiger partial charge on any atom is -0.344 e. The molecule has 0 saturated heterocycles. The lowest BCUT2D eigenvalue weighted by Gasteiger charge is -2.29. The Labute approximate surface area is 127 Å². The maximum absolute atomic E-state index is 13.3. The van der Waals surface area contributed by atoms with E-state index in [1.54, 1.807) is 0 Å². The molecular weight excluding hydrogens is 286 g/mol.